The Balaban J connectivity index is 2.18. The molecule has 0 bridgehead atoms. The highest BCUT2D eigenvalue weighted by molar-refractivity contribution is 5.64. The number of β-amino-alcohol motifs (C(OH)–C–C–N with tert-alkyl or cyclic N) is 1. The predicted molar refractivity (Wildman–Crippen MR) is 65.6 cm³/mol. The molecular formula is C11H18N4O. The van der Waals surface area contributed by atoms with Crippen molar-refractivity contribution >= 4 is 17.3 Å². The first-order valence-corrected chi connectivity index (χ1v) is 5.64. The van der Waals surface area contributed by atoms with E-state index in [2.05, 4.69) is 15.2 Å². The van der Waals surface area contributed by atoms with Crippen molar-refractivity contribution in [1.29, 1.82) is 0 Å². The molecule has 5 heteroatoms. The minimum absolute atomic E-state index is 0.234. The Morgan fingerprint density at radius 1 is 1.62 bits per heavy atom. The maximum absolute atomic E-state index is 9.48. The van der Waals surface area contributed by atoms with Gasteiger partial charge in [-0.1, -0.05) is 0 Å². The van der Waals surface area contributed by atoms with Crippen LogP contribution < -0.4 is 16.0 Å². The molecule has 1 aromatic rings. The zero-order chi connectivity index (χ0) is 11.5. The van der Waals surface area contributed by atoms with Crippen LogP contribution in [0.3, 0.4) is 0 Å². The summed E-state index contributed by atoms with van der Waals surface area (Å²) in [6.45, 7) is 4.31. The molecule has 1 aliphatic rings. The largest absolute Gasteiger partial charge is 0.396 e. The van der Waals surface area contributed by atoms with E-state index in [1.165, 1.54) is 0 Å². The Labute approximate surface area is 95.3 Å². The van der Waals surface area contributed by atoms with Gasteiger partial charge in [0, 0.05) is 19.6 Å². The van der Waals surface area contributed by atoms with E-state index in [9.17, 15) is 5.11 Å². The first-order chi connectivity index (χ1) is 7.70. The van der Waals surface area contributed by atoms with Crippen LogP contribution in [0.1, 0.15) is 13.3 Å². The van der Waals surface area contributed by atoms with Gasteiger partial charge in [0.1, 0.15) is 5.82 Å². The number of aliphatic hydroxyl groups excluding tert-OH is 1. The summed E-state index contributed by atoms with van der Waals surface area (Å²) in [6, 6.07) is 3.75. The van der Waals surface area contributed by atoms with Crippen LogP contribution in [0.2, 0.25) is 0 Å². The van der Waals surface area contributed by atoms with Gasteiger partial charge in [-0.25, -0.2) is 4.98 Å². The van der Waals surface area contributed by atoms with Gasteiger partial charge >= 0.3 is 0 Å². The maximum atomic E-state index is 9.48. The van der Waals surface area contributed by atoms with Gasteiger partial charge in [-0.15, -0.1) is 0 Å². The van der Waals surface area contributed by atoms with Crippen molar-refractivity contribution in [3.8, 4) is 0 Å². The van der Waals surface area contributed by atoms with Gasteiger partial charge in [-0.05, 0) is 25.5 Å². The van der Waals surface area contributed by atoms with E-state index in [1.54, 1.807) is 0 Å². The summed E-state index contributed by atoms with van der Waals surface area (Å²) in [5.74, 6) is 1.60. The lowest BCUT2D eigenvalue weighted by molar-refractivity contribution is 0.198. The highest BCUT2D eigenvalue weighted by atomic mass is 16.3. The molecule has 1 unspecified atom stereocenters. The van der Waals surface area contributed by atoms with Crippen molar-refractivity contribution in [3.05, 3.63) is 12.1 Å². The third-order valence-electron chi connectivity index (χ3n) is 2.74. The Morgan fingerprint density at radius 2 is 2.44 bits per heavy atom. The summed E-state index contributed by atoms with van der Waals surface area (Å²) in [4.78, 5) is 6.53. The minimum atomic E-state index is -0.234. The fraction of sp³-hybridized carbons (Fsp3) is 0.545. The Hall–Kier alpha value is -1.49. The third kappa shape index (κ3) is 2.19. The van der Waals surface area contributed by atoms with E-state index < -0.39 is 0 Å². The number of anilines is 3. The zero-order valence-corrected chi connectivity index (χ0v) is 9.48. The minimum Gasteiger partial charge on any atom is -0.396 e. The number of pyridine rings is 1. The smallest absolute Gasteiger partial charge is 0.151 e. The second kappa shape index (κ2) is 4.57. The Bertz CT molecular complexity index is 369. The summed E-state index contributed by atoms with van der Waals surface area (Å²) in [5.41, 5.74) is 6.47. The summed E-state index contributed by atoms with van der Waals surface area (Å²) in [5, 5.41) is 12.6. The fourth-order valence-electron chi connectivity index (χ4n) is 1.89. The number of nitrogens with one attached hydrogen (secondary N) is 1. The average Bonchev–Trinajstić information content (AvgIpc) is 2.69. The van der Waals surface area contributed by atoms with Gasteiger partial charge < -0.3 is 21.1 Å². The first kappa shape index (κ1) is 11.0. The van der Waals surface area contributed by atoms with Crippen LogP contribution >= 0.6 is 0 Å². The van der Waals surface area contributed by atoms with Crippen LogP contribution in [0.4, 0.5) is 17.3 Å². The second-order valence-electron chi connectivity index (χ2n) is 4.03. The molecule has 88 valence electrons. The summed E-state index contributed by atoms with van der Waals surface area (Å²) in [7, 11) is 0. The van der Waals surface area contributed by atoms with E-state index in [4.69, 9.17) is 5.73 Å². The number of hydrogen-bond acceptors (Lipinski definition) is 5. The molecule has 5 nitrogen and oxygen atoms in total. The van der Waals surface area contributed by atoms with Gasteiger partial charge in [-0.2, -0.15) is 0 Å². The highest BCUT2D eigenvalue weighted by Crippen LogP contribution is 2.23. The lowest BCUT2D eigenvalue weighted by Gasteiger charge is -2.18. The average molecular weight is 222 g/mol. The molecule has 1 fully saturated rings. The van der Waals surface area contributed by atoms with Gasteiger partial charge in [0.2, 0.25) is 0 Å². The molecule has 2 rings (SSSR count). The highest BCUT2D eigenvalue weighted by Gasteiger charge is 2.21. The Kier molecular flexibility index (Phi) is 3.14. The molecule has 0 radical (unpaired) electrons. The third-order valence-corrected chi connectivity index (χ3v) is 2.74. The van der Waals surface area contributed by atoms with Crippen molar-refractivity contribution in [1.82, 2.24) is 4.98 Å². The lowest BCUT2D eigenvalue weighted by atomic mass is 10.3. The normalized spacial score (nSPS) is 20.1. The fourth-order valence-corrected chi connectivity index (χ4v) is 1.89. The van der Waals surface area contributed by atoms with Crippen molar-refractivity contribution < 1.29 is 5.11 Å². The molecule has 1 aliphatic heterocycles. The van der Waals surface area contributed by atoms with Crippen LogP contribution in [-0.2, 0) is 0 Å². The number of rotatable bonds is 3. The van der Waals surface area contributed by atoms with E-state index in [-0.39, 0.29) is 6.10 Å². The SMILES string of the molecule is CCNc1nc(N2CCC(O)C2)ccc1N. The van der Waals surface area contributed by atoms with Crippen LogP contribution in [0.5, 0.6) is 0 Å². The molecule has 0 aliphatic carbocycles. The lowest BCUT2D eigenvalue weighted by Crippen LogP contribution is -2.22. The van der Waals surface area contributed by atoms with Crippen molar-refractivity contribution in [3.63, 3.8) is 0 Å². The molecule has 2 heterocycles. The standard InChI is InChI=1S/C11H18N4O/c1-2-13-11-9(12)3-4-10(14-11)15-6-5-8(16)7-15/h3-4,8,16H,2,5-7,12H2,1H3,(H,13,14). The number of nitrogens with zero attached hydrogens (tertiary/aromatic N) is 2. The van der Waals surface area contributed by atoms with Crippen LogP contribution in [0.15, 0.2) is 12.1 Å². The van der Waals surface area contributed by atoms with Gasteiger partial charge in [0.25, 0.3) is 0 Å². The maximum Gasteiger partial charge on any atom is 0.151 e. The van der Waals surface area contributed by atoms with E-state index in [0.29, 0.717) is 12.2 Å². The quantitative estimate of drug-likeness (QED) is 0.701. The van der Waals surface area contributed by atoms with Crippen molar-refractivity contribution in [2.45, 2.75) is 19.4 Å². The molecule has 0 saturated carbocycles. The number of aliphatic hydroxyl groups is 1. The molecule has 1 aromatic heterocycles. The summed E-state index contributed by atoms with van der Waals surface area (Å²) in [6.07, 6.45) is 0.574. The monoisotopic (exact) mass is 222 g/mol. The molecule has 1 saturated heterocycles. The van der Waals surface area contributed by atoms with Gasteiger partial charge in [-0.3, -0.25) is 0 Å². The van der Waals surface area contributed by atoms with Crippen LogP contribution in [-0.4, -0.2) is 35.8 Å². The van der Waals surface area contributed by atoms with Crippen LogP contribution in [0.25, 0.3) is 0 Å². The van der Waals surface area contributed by atoms with Crippen molar-refractivity contribution in [2.75, 3.05) is 35.6 Å². The van der Waals surface area contributed by atoms with Gasteiger partial charge in [0.05, 0.1) is 11.8 Å². The number of hydrogen-bond donors (Lipinski definition) is 3. The molecule has 0 amide bonds. The second-order valence-corrected chi connectivity index (χ2v) is 4.03. The summed E-state index contributed by atoms with van der Waals surface area (Å²) >= 11 is 0. The molecule has 4 N–H and O–H groups in total. The van der Waals surface area contributed by atoms with E-state index >= 15 is 0 Å². The number of nitrogen functional groups attached to an aromatic ring is 1. The summed E-state index contributed by atoms with van der Waals surface area (Å²) < 4.78 is 0. The first-order valence-electron chi connectivity index (χ1n) is 5.64. The molecule has 0 spiro atoms. The number of nitrogens with two attached hydrogens (primary N) is 1. The topological polar surface area (TPSA) is 74.4 Å². The van der Waals surface area contributed by atoms with E-state index in [1.807, 2.05) is 19.1 Å². The number of aromatic nitrogens is 1. The molecular weight excluding hydrogens is 204 g/mol. The molecule has 16 heavy (non-hydrogen) atoms. The zero-order valence-electron chi connectivity index (χ0n) is 9.48. The van der Waals surface area contributed by atoms with Crippen LogP contribution in [0, 0.1) is 0 Å². The molecule has 0 aromatic carbocycles. The molecule has 1 atom stereocenters. The predicted octanol–water partition coefficient (Wildman–Crippen LogP) is 0.667. The van der Waals surface area contributed by atoms with Crippen molar-refractivity contribution in [2.24, 2.45) is 0 Å². The van der Waals surface area contributed by atoms with Gasteiger partial charge in [0.15, 0.2) is 5.82 Å². The Morgan fingerprint density at radius 3 is 3.06 bits per heavy atom. The van der Waals surface area contributed by atoms with E-state index in [0.717, 1.165) is 31.1 Å².